The summed E-state index contributed by atoms with van der Waals surface area (Å²) < 4.78 is 0. The highest BCUT2D eigenvalue weighted by molar-refractivity contribution is 5.94. The number of nitrogens with zero attached hydrogens (tertiary/aromatic N) is 1. The Labute approximate surface area is 115 Å². The van der Waals surface area contributed by atoms with Gasteiger partial charge in [-0.3, -0.25) is 4.79 Å². The van der Waals surface area contributed by atoms with Gasteiger partial charge in [-0.15, -0.1) is 0 Å². The van der Waals surface area contributed by atoms with E-state index in [9.17, 15) is 4.79 Å². The summed E-state index contributed by atoms with van der Waals surface area (Å²) in [5.74, 6) is 0.273. The van der Waals surface area contributed by atoms with E-state index in [0.717, 1.165) is 44.3 Å². The third-order valence-electron chi connectivity index (χ3n) is 3.74. The highest BCUT2D eigenvalue weighted by Crippen LogP contribution is 2.29. The SMILES string of the molecule is CCCCC(=O)N1CCCc2cc(CCN)ccc21. The van der Waals surface area contributed by atoms with Crippen molar-refractivity contribution in [3.8, 4) is 0 Å². The number of unbranched alkanes of at least 4 members (excludes halogenated alkanes) is 1. The molecule has 0 atom stereocenters. The Balaban J connectivity index is 2.17. The van der Waals surface area contributed by atoms with Crippen LogP contribution < -0.4 is 10.6 Å². The topological polar surface area (TPSA) is 46.3 Å². The van der Waals surface area contributed by atoms with E-state index in [-0.39, 0.29) is 5.91 Å². The molecule has 1 aliphatic heterocycles. The molecule has 104 valence electrons. The van der Waals surface area contributed by atoms with E-state index in [1.165, 1.54) is 11.1 Å². The summed E-state index contributed by atoms with van der Waals surface area (Å²) in [6.45, 7) is 3.67. The van der Waals surface area contributed by atoms with Crippen LogP contribution in [0, 0.1) is 0 Å². The number of hydrogen-bond acceptors (Lipinski definition) is 2. The van der Waals surface area contributed by atoms with Crippen LogP contribution in [0.3, 0.4) is 0 Å². The van der Waals surface area contributed by atoms with Crippen molar-refractivity contribution in [3.05, 3.63) is 29.3 Å². The van der Waals surface area contributed by atoms with Gasteiger partial charge in [-0.2, -0.15) is 0 Å². The van der Waals surface area contributed by atoms with Crippen LogP contribution >= 0.6 is 0 Å². The minimum atomic E-state index is 0.273. The molecular formula is C16H24N2O. The van der Waals surface area contributed by atoms with Gasteiger partial charge in [0.2, 0.25) is 5.91 Å². The standard InChI is InChI=1S/C16H24N2O/c1-2-3-6-16(19)18-11-4-5-14-12-13(9-10-17)7-8-15(14)18/h7-8,12H,2-6,9-11,17H2,1H3. The van der Waals surface area contributed by atoms with Crippen LogP contribution in [0.4, 0.5) is 5.69 Å². The number of hydrogen-bond donors (Lipinski definition) is 1. The van der Waals surface area contributed by atoms with Crippen molar-refractivity contribution in [2.24, 2.45) is 5.73 Å². The molecule has 0 radical (unpaired) electrons. The Hall–Kier alpha value is -1.35. The molecule has 19 heavy (non-hydrogen) atoms. The van der Waals surface area contributed by atoms with Crippen molar-refractivity contribution >= 4 is 11.6 Å². The second-order valence-corrected chi connectivity index (χ2v) is 5.25. The molecule has 1 aromatic carbocycles. The molecule has 0 spiro atoms. The number of rotatable bonds is 5. The number of carbonyl (C=O) groups excluding carboxylic acids is 1. The summed E-state index contributed by atoms with van der Waals surface area (Å²) in [7, 11) is 0. The second-order valence-electron chi connectivity index (χ2n) is 5.25. The van der Waals surface area contributed by atoms with Crippen molar-refractivity contribution in [1.29, 1.82) is 0 Å². The fourth-order valence-electron chi connectivity index (χ4n) is 2.69. The van der Waals surface area contributed by atoms with E-state index in [2.05, 4.69) is 25.1 Å². The molecule has 1 heterocycles. The number of nitrogens with two attached hydrogens (primary N) is 1. The first-order valence-electron chi connectivity index (χ1n) is 7.38. The summed E-state index contributed by atoms with van der Waals surface area (Å²) >= 11 is 0. The Bertz CT molecular complexity index is 442. The third-order valence-corrected chi connectivity index (χ3v) is 3.74. The van der Waals surface area contributed by atoms with E-state index >= 15 is 0 Å². The minimum absolute atomic E-state index is 0.273. The van der Waals surface area contributed by atoms with Crippen LogP contribution in [0.15, 0.2) is 18.2 Å². The fourth-order valence-corrected chi connectivity index (χ4v) is 2.69. The average Bonchev–Trinajstić information content (AvgIpc) is 2.44. The predicted molar refractivity (Wildman–Crippen MR) is 79.4 cm³/mol. The van der Waals surface area contributed by atoms with E-state index < -0.39 is 0 Å². The van der Waals surface area contributed by atoms with Crippen LogP contribution in [-0.4, -0.2) is 19.0 Å². The number of benzene rings is 1. The summed E-state index contributed by atoms with van der Waals surface area (Å²) in [6, 6.07) is 6.43. The third kappa shape index (κ3) is 3.35. The van der Waals surface area contributed by atoms with Crippen LogP contribution in [-0.2, 0) is 17.6 Å². The molecular weight excluding hydrogens is 236 g/mol. The van der Waals surface area contributed by atoms with Crippen molar-refractivity contribution in [3.63, 3.8) is 0 Å². The normalized spacial score (nSPS) is 14.3. The van der Waals surface area contributed by atoms with Gasteiger partial charge in [0.05, 0.1) is 0 Å². The Kier molecular flexibility index (Phi) is 4.97. The van der Waals surface area contributed by atoms with Gasteiger partial charge in [0.25, 0.3) is 0 Å². The highest BCUT2D eigenvalue weighted by atomic mass is 16.2. The van der Waals surface area contributed by atoms with E-state index in [4.69, 9.17) is 5.73 Å². The van der Waals surface area contributed by atoms with Gasteiger partial charge in [0.1, 0.15) is 0 Å². The first-order chi connectivity index (χ1) is 9.26. The molecule has 0 bridgehead atoms. The lowest BCUT2D eigenvalue weighted by Crippen LogP contribution is -2.35. The molecule has 0 fully saturated rings. The van der Waals surface area contributed by atoms with Gasteiger partial charge in [0, 0.05) is 18.7 Å². The zero-order valence-electron chi connectivity index (χ0n) is 11.8. The molecule has 0 saturated heterocycles. The molecule has 0 unspecified atom stereocenters. The molecule has 2 rings (SSSR count). The van der Waals surface area contributed by atoms with Gasteiger partial charge in [-0.05, 0) is 49.4 Å². The molecule has 1 aliphatic rings. The largest absolute Gasteiger partial charge is 0.330 e. The van der Waals surface area contributed by atoms with Crippen LogP contribution in [0.2, 0.25) is 0 Å². The second kappa shape index (κ2) is 6.71. The van der Waals surface area contributed by atoms with Crippen molar-refractivity contribution in [1.82, 2.24) is 0 Å². The molecule has 0 saturated carbocycles. The van der Waals surface area contributed by atoms with Gasteiger partial charge in [0.15, 0.2) is 0 Å². The molecule has 3 heteroatoms. The van der Waals surface area contributed by atoms with Gasteiger partial charge in [-0.25, -0.2) is 0 Å². The van der Waals surface area contributed by atoms with Crippen molar-refractivity contribution in [2.45, 2.75) is 45.4 Å². The average molecular weight is 260 g/mol. The first-order valence-corrected chi connectivity index (χ1v) is 7.38. The van der Waals surface area contributed by atoms with E-state index in [1.807, 2.05) is 4.90 Å². The maximum Gasteiger partial charge on any atom is 0.226 e. The Morgan fingerprint density at radius 2 is 2.26 bits per heavy atom. The van der Waals surface area contributed by atoms with E-state index in [1.54, 1.807) is 0 Å². The van der Waals surface area contributed by atoms with Gasteiger partial charge >= 0.3 is 0 Å². The quantitative estimate of drug-likeness (QED) is 0.884. The molecule has 3 nitrogen and oxygen atoms in total. The summed E-state index contributed by atoms with van der Waals surface area (Å²) in [4.78, 5) is 14.2. The number of carbonyl (C=O) groups is 1. The fraction of sp³-hybridized carbons (Fsp3) is 0.562. The lowest BCUT2D eigenvalue weighted by Gasteiger charge is -2.30. The molecule has 1 amide bonds. The smallest absolute Gasteiger partial charge is 0.226 e. The maximum atomic E-state index is 12.2. The number of aryl methyl sites for hydroxylation is 1. The molecule has 0 aromatic heterocycles. The Morgan fingerprint density at radius 1 is 1.42 bits per heavy atom. The zero-order valence-corrected chi connectivity index (χ0v) is 11.8. The molecule has 2 N–H and O–H groups in total. The molecule has 1 aromatic rings. The lowest BCUT2D eigenvalue weighted by atomic mass is 9.97. The minimum Gasteiger partial charge on any atom is -0.330 e. The van der Waals surface area contributed by atoms with Crippen LogP contribution in [0.1, 0.15) is 43.7 Å². The van der Waals surface area contributed by atoms with Crippen LogP contribution in [0.25, 0.3) is 0 Å². The van der Waals surface area contributed by atoms with Crippen molar-refractivity contribution < 1.29 is 4.79 Å². The van der Waals surface area contributed by atoms with E-state index in [0.29, 0.717) is 13.0 Å². The van der Waals surface area contributed by atoms with Gasteiger partial charge < -0.3 is 10.6 Å². The summed E-state index contributed by atoms with van der Waals surface area (Å²) in [6.07, 6.45) is 5.78. The Morgan fingerprint density at radius 3 is 3.00 bits per heavy atom. The summed E-state index contributed by atoms with van der Waals surface area (Å²) in [5, 5.41) is 0. The van der Waals surface area contributed by atoms with Gasteiger partial charge in [-0.1, -0.05) is 25.5 Å². The lowest BCUT2D eigenvalue weighted by molar-refractivity contribution is -0.118. The van der Waals surface area contributed by atoms with Crippen molar-refractivity contribution in [2.75, 3.05) is 18.0 Å². The summed E-state index contributed by atoms with van der Waals surface area (Å²) in [5.41, 5.74) is 9.31. The first kappa shape index (κ1) is 14.1. The maximum absolute atomic E-state index is 12.2. The molecule has 0 aliphatic carbocycles. The monoisotopic (exact) mass is 260 g/mol. The highest BCUT2D eigenvalue weighted by Gasteiger charge is 2.21. The number of anilines is 1. The zero-order chi connectivity index (χ0) is 13.7. The number of amides is 1. The van der Waals surface area contributed by atoms with Crippen LogP contribution in [0.5, 0.6) is 0 Å². The predicted octanol–water partition coefficient (Wildman–Crippen LogP) is 2.66. The number of fused-ring (bicyclic) bond motifs is 1.